The lowest BCUT2D eigenvalue weighted by molar-refractivity contribution is -0.129. The number of anilines is 1. The maximum absolute atomic E-state index is 13.4. The second-order valence-electron chi connectivity index (χ2n) is 4.46. The van der Waals surface area contributed by atoms with E-state index in [1.807, 2.05) is 0 Å². The maximum Gasteiger partial charge on any atom is 0.354 e. The number of nitrogens with one attached hydrogen (secondary N) is 2. The van der Waals surface area contributed by atoms with Crippen LogP contribution in [0.2, 0.25) is 10.0 Å². The number of carbonyl (C=O) groups is 1. The van der Waals surface area contributed by atoms with Crippen molar-refractivity contribution >= 4 is 40.6 Å². The van der Waals surface area contributed by atoms with Crippen LogP contribution in [0.4, 0.5) is 10.1 Å². The van der Waals surface area contributed by atoms with Crippen LogP contribution >= 0.6 is 23.2 Å². The predicted molar refractivity (Wildman–Crippen MR) is 84.7 cm³/mol. The summed E-state index contributed by atoms with van der Waals surface area (Å²) in [5.74, 6) is -1.93. The molecular weight excluding hydrogens is 330 g/mol. The van der Waals surface area contributed by atoms with Crippen molar-refractivity contribution in [2.75, 3.05) is 5.32 Å². The van der Waals surface area contributed by atoms with Crippen LogP contribution in [-0.4, -0.2) is 16.8 Å². The minimum Gasteiger partial charge on any atom is -0.477 e. The van der Waals surface area contributed by atoms with E-state index in [1.54, 1.807) is 18.2 Å². The van der Waals surface area contributed by atoms with Gasteiger partial charge in [-0.25, -0.2) is 9.18 Å². The summed E-state index contributed by atoms with van der Waals surface area (Å²) in [7, 11) is 0. The monoisotopic (exact) mass is 340 g/mol. The number of carboxylic acids is 1. The lowest BCUT2D eigenvalue weighted by Crippen LogP contribution is -2.15. The number of aliphatic carboxylic acids is 1. The van der Waals surface area contributed by atoms with Gasteiger partial charge in [0.2, 0.25) is 0 Å². The van der Waals surface area contributed by atoms with Gasteiger partial charge in [-0.1, -0.05) is 29.3 Å². The Bertz CT molecular complexity index is 750. The molecule has 7 heteroatoms. The Morgan fingerprint density at radius 3 is 2.59 bits per heavy atom. The fourth-order valence-electron chi connectivity index (χ4n) is 1.85. The van der Waals surface area contributed by atoms with Gasteiger partial charge in [0.1, 0.15) is 11.5 Å². The zero-order valence-electron chi connectivity index (χ0n) is 11.2. The van der Waals surface area contributed by atoms with Gasteiger partial charge in [0.15, 0.2) is 0 Å². The summed E-state index contributed by atoms with van der Waals surface area (Å²) in [5.41, 5.74) is 0.394. The number of hydrogen-bond donors (Lipinski definition) is 3. The molecule has 0 saturated carbocycles. The van der Waals surface area contributed by atoms with E-state index in [1.165, 1.54) is 6.07 Å². The summed E-state index contributed by atoms with van der Waals surface area (Å²) in [5, 5.41) is 20.3. The van der Waals surface area contributed by atoms with Crippen LogP contribution in [0.3, 0.4) is 0 Å². The molecule has 0 atom stereocenters. The van der Waals surface area contributed by atoms with Gasteiger partial charge < -0.3 is 10.4 Å². The van der Waals surface area contributed by atoms with E-state index < -0.39 is 17.5 Å². The summed E-state index contributed by atoms with van der Waals surface area (Å²) < 4.78 is 13.4. The normalized spacial score (nSPS) is 10.3. The van der Waals surface area contributed by atoms with Crippen molar-refractivity contribution in [3.05, 3.63) is 63.4 Å². The Kier molecular flexibility index (Phi) is 5.00. The quantitative estimate of drug-likeness (QED) is 0.714. The zero-order chi connectivity index (χ0) is 16.3. The molecule has 0 aliphatic carbocycles. The van der Waals surface area contributed by atoms with E-state index in [2.05, 4.69) is 5.32 Å². The third-order valence-corrected chi connectivity index (χ3v) is 3.54. The predicted octanol–water partition coefficient (Wildman–Crippen LogP) is 4.20. The molecule has 4 nitrogen and oxygen atoms in total. The molecule has 2 aromatic rings. The Hall–Kier alpha value is -2.11. The fourth-order valence-corrected chi connectivity index (χ4v) is 2.33. The fraction of sp³-hybridized carbons (Fsp3) is 0.0667. The van der Waals surface area contributed by atoms with Crippen molar-refractivity contribution in [2.45, 2.75) is 6.54 Å². The SMILES string of the molecule is N=C(C(=O)O)c1ccc(F)cc1NCc1ccc(Cl)cc1Cl. The van der Waals surface area contributed by atoms with Crippen molar-refractivity contribution in [3.8, 4) is 0 Å². The Morgan fingerprint density at radius 2 is 1.95 bits per heavy atom. The first-order valence-corrected chi connectivity index (χ1v) is 6.93. The zero-order valence-corrected chi connectivity index (χ0v) is 12.7. The lowest BCUT2D eigenvalue weighted by Gasteiger charge is -2.12. The van der Waals surface area contributed by atoms with Crippen LogP contribution in [0.25, 0.3) is 0 Å². The molecule has 0 aliphatic rings. The van der Waals surface area contributed by atoms with E-state index in [0.717, 1.165) is 12.1 Å². The van der Waals surface area contributed by atoms with Crippen molar-refractivity contribution in [1.82, 2.24) is 0 Å². The summed E-state index contributed by atoms with van der Waals surface area (Å²) in [6, 6.07) is 8.43. The van der Waals surface area contributed by atoms with Crippen molar-refractivity contribution < 1.29 is 14.3 Å². The van der Waals surface area contributed by atoms with Gasteiger partial charge in [0.25, 0.3) is 0 Å². The highest BCUT2D eigenvalue weighted by Gasteiger charge is 2.15. The molecule has 0 fully saturated rings. The summed E-state index contributed by atoms with van der Waals surface area (Å²) >= 11 is 11.9. The molecule has 2 aromatic carbocycles. The van der Waals surface area contributed by atoms with E-state index in [9.17, 15) is 9.18 Å². The van der Waals surface area contributed by atoms with E-state index in [-0.39, 0.29) is 17.8 Å². The van der Waals surface area contributed by atoms with Crippen LogP contribution < -0.4 is 5.32 Å². The van der Waals surface area contributed by atoms with E-state index in [0.29, 0.717) is 15.6 Å². The van der Waals surface area contributed by atoms with E-state index >= 15 is 0 Å². The summed E-state index contributed by atoms with van der Waals surface area (Å²) in [4.78, 5) is 10.9. The number of rotatable bonds is 5. The van der Waals surface area contributed by atoms with Crippen LogP contribution in [0.15, 0.2) is 36.4 Å². The van der Waals surface area contributed by atoms with Crippen molar-refractivity contribution in [2.24, 2.45) is 0 Å². The smallest absolute Gasteiger partial charge is 0.354 e. The molecule has 0 heterocycles. The molecule has 22 heavy (non-hydrogen) atoms. The number of halogens is 3. The minimum atomic E-state index is -1.39. The van der Waals surface area contributed by atoms with Gasteiger partial charge in [0, 0.05) is 27.8 Å². The van der Waals surface area contributed by atoms with Crippen molar-refractivity contribution in [3.63, 3.8) is 0 Å². The average Bonchev–Trinajstić information content (AvgIpc) is 2.45. The first kappa shape index (κ1) is 16.3. The molecule has 0 aromatic heterocycles. The van der Waals surface area contributed by atoms with Gasteiger partial charge in [-0.3, -0.25) is 5.41 Å². The lowest BCUT2D eigenvalue weighted by atomic mass is 10.1. The van der Waals surface area contributed by atoms with Crippen molar-refractivity contribution in [1.29, 1.82) is 5.41 Å². The largest absolute Gasteiger partial charge is 0.477 e. The molecule has 2 rings (SSSR count). The molecule has 0 aliphatic heterocycles. The van der Waals surface area contributed by atoms with E-state index in [4.69, 9.17) is 33.7 Å². The summed E-state index contributed by atoms with van der Waals surface area (Å²) in [6.07, 6.45) is 0. The highest BCUT2D eigenvalue weighted by molar-refractivity contribution is 6.42. The molecule has 0 bridgehead atoms. The Balaban J connectivity index is 2.27. The van der Waals surface area contributed by atoms with Gasteiger partial charge in [0.05, 0.1) is 0 Å². The Labute approximate surface area is 136 Å². The maximum atomic E-state index is 13.4. The molecule has 0 spiro atoms. The Morgan fingerprint density at radius 1 is 1.23 bits per heavy atom. The molecule has 3 N–H and O–H groups in total. The highest BCUT2D eigenvalue weighted by atomic mass is 35.5. The molecule has 114 valence electrons. The van der Waals surface area contributed by atoms with Gasteiger partial charge in [-0.2, -0.15) is 0 Å². The third-order valence-electron chi connectivity index (χ3n) is 2.95. The number of benzene rings is 2. The average molecular weight is 341 g/mol. The number of hydrogen-bond acceptors (Lipinski definition) is 3. The molecule has 0 saturated heterocycles. The van der Waals surface area contributed by atoms with Crippen LogP contribution in [0.1, 0.15) is 11.1 Å². The van der Waals surface area contributed by atoms with Crippen LogP contribution in [0.5, 0.6) is 0 Å². The standard InChI is InChI=1S/C15H11Cl2FN2O2/c16-9-2-1-8(12(17)5-9)7-20-13-6-10(18)3-4-11(13)14(19)15(21)22/h1-6,19-20H,7H2,(H,21,22). The van der Waals surface area contributed by atoms with Gasteiger partial charge in [-0.05, 0) is 35.9 Å². The molecule has 0 amide bonds. The summed E-state index contributed by atoms with van der Waals surface area (Å²) in [6.45, 7) is 0.235. The third kappa shape index (κ3) is 3.75. The number of carboxylic acid groups (broad SMARTS) is 1. The molecular formula is C15H11Cl2FN2O2. The van der Waals surface area contributed by atoms with Crippen LogP contribution in [-0.2, 0) is 11.3 Å². The molecule has 0 radical (unpaired) electrons. The minimum absolute atomic E-state index is 0.0963. The second kappa shape index (κ2) is 6.77. The second-order valence-corrected chi connectivity index (χ2v) is 5.30. The first-order chi connectivity index (χ1) is 10.4. The highest BCUT2D eigenvalue weighted by Crippen LogP contribution is 2.24. The topological polar surface area (TPSA) is 73.2 Å². The van der Waals surface area contributed by atoms with Crippen LogP contribution in [0, 0.1) is 11.2 Å². The first-order valence-electron chi connectivity index (χ1n) is 6.18. The van der Waals surface area contributed by atoms with Gasteiger partial charge >= 0.3 is 5.97 Å². The molecule has 0 unspecified atom stereocenters. The van der Waals surface area contributed by atoms with Gasteiger partial charge in [-0.15, -0.1) is 0 Å².